The predicted octanol–water partition coefficient (Wildman–Crippen LogP) is 1.22. The maximum atomic E-state index is 10.3. The Labute approximate surface area is 102 Å². The van der Waals surface area contributed by atoms with Gasteiger partial charge < -0.3 is 9.84 Å². The normalized spacial score (nSPS) is 29.2. The van der Waals surface area contributed by atoms with Crippen LogP contribution < -0.4 is 0 Å². The minimum absolute atomic E-state index is 0.283. The van der Waals surface area contributed by atoms with E-state index in [2.05, 4.69) is 23.1 Å². The molecule has 3 heteroatoms. The number of nitrogens with zero attached hydrogens (tertiary/aromatic N) is 1. The van der Waals surface area contributed by atoms with Crippen LogP contribution >= 0.6 is 0 Å². The van der Waals surface area contributed by atoms with Crippen LogP contribution in [0.5, 0.6) is 0 Å². The van der Waals surface area contributed by atoms with E-state index in [1.807, 2.05) is 6.07 Å². The van der Waals surface area contributed by atoms with E-state index in [4.69, 9.17) is 4.74 Å². The average Bonchev–Trinajstić information content (AvgIpc) is 2.68. The molecule has 0 unspecified atom stereocenters. The topological polar surface area (TPSA) is 32.7 Å². The molecule has 3 rings (SSSR count). The molecule has 0 aromatic heterocycles. The molecule has 2 atom stereocenters. The minimum atomic E-state index is -0.283. The highest BCUT2D eigenvalue weighted by molar-refractivity contribution is 5.34. The van der Waals surface area contributed by atoms with Gasteiger partial charge in [-0.2, -0.15) is 0 Å². The highest BCUT2D eigenvalue weighted by Crippen LogP contribution is 2.36. The quantitative estimate of drug-likeness (QED) is 0.834. The van der Waals surface area contributed by atoms with Crippen molar-refractivity contribution in [2.75, 3.05) is 32.8 Å². The van der Waals surface area contributed by atoms with Gasteiger partial charge in [0.05, 0.1) is 19.3 Å². The Morgan fingerprint density at radius 1 is 1.24 bits per heavy atom. The lowest BCUT2D eigenvalue weighted by molar-refractivity contribution is 0.0155. The number of morpholine rings is 1. The summed E-state index contributed by atoms with van der Waals surface area (Å²) in [6, 6.07) is 8.26. The lowest BCUT2D eigenvalue weighted by Gasteiger charge is -2.30. The summed E-state index contributed by atoms with van der Waals surface area (Å²) in [6.07, 6.45) is 0.725. The molecule has 1 fully saturated rings. The zero-order chi connectivity index (χ0) is 11.7. The molecule has 3 nitrogen and oxygen atoms in total. The molecule has 0 amide bonds. The van der Waals surface area contributed by atoms with Crippen molar-refractivity contribution in [3.8, 4) is 0 Å². The summed E-state index contributed by atoms with van der Waals surface area (Å²) >= 11 is 0. The second-order valence-corrected chi connectivity index (χ2v) is 5.02. The molecular weight excluding hydrogens is 214 g/mol. The first-order chi connectivity index (χ1) is 8.34. The lowest BCUT2D eigenvalue weighted by Crippen LogP contribution is -2.40. The molecule has 1 saturated heterocycles. The zero-order valence-corrected chi connectivity index (χ0v) is 10.0. The van der Waals surface area contributed by atoms with E-state index in [1.165, 1.54) is 5.56 Å². The number of hydrogen-bond acceptors (Lipinski definition) is 3. The van der Waals surface area contributed by atoms with Crippen molar-refractivity contribution >= 4 is 0 Å². The summed E-state index contributed by atoms with van der Waals surface area (Å²) in [5, 5.41) is 10.3. The number of fused-ring (bicyclic) bond motifs is 1. The van der Waals surface area contributed by atoms with Crippen molar-refractivity contribution < 1.29 is 9.84 Å². The number of benzene rings is 1. The molecule has 1 heterocycles. The molecule has 1 aromatic rings. The first-order valence-corrected chi connectivity index (χ1v) is 6.40. The van der Waals surface area contributed by atoms with Crippen LogP contribution in [0.25, 0.3) is 0 Å². The number of ether oxygens (including phenoxy) is 1. The fourth-order valence-electron chi connectivity index (χ4n) is 2.94. The van der Waals surface area contributed by atoms with E-state index in [0.717, 1.165) is 44.8 Å². The summed E-state index contributed by atoms with van der Waals surface area (Å²) in [7, 11) is 0. The van der Waals surface area contributed by atoms with Gasteiger partial charge in [0.25, 0.3) is 0 Å². The van der Waals surface area contributed by atoms with Crippen molar-refractivity contribution in [3.05, 3.63) is 35.4 Å². The third-order valence-electron chi connectivity index (χ3n) is 3.90. The first-order valence-electron chi connectivity index (χ1n) is 6.40. The minimum Gasteiger partial charge on any atom is -0.388 e. The van der Waals surface area contributed by atoms with E-state index in [-0.39, 0.29) is 6.10 Å². The fraction of sp³-hybridized carbons (Fsp3) is 0.571. The largest absolute Gasteiger partial charge is 0.388 e. The van der Waals surface area contributed by atoms with Crippen LogP contribution in [-0.2, 0) is 11.2 Å². The standard InChI is InChI=1S/C14H19NO2/c16-14-12(10-15-5-7-17-8-6-15)9-11-3-1-2-4-13(11)14/h1-4,12,14,16H,5-10H2/t12-,14-/m0/s1. The number of aliphatic hydroxyl groups is 1. The van der Waals surface area contributed by atoms with E-state index in [9.17, 15) is 5.11 Å². The average molecular weight is 233 g/mol. The highest BCUT2D eigenvalue weighted by Gasteiger charge is 2.31. The van der Waals surface area contributed by atoms with Gasteiger partial charge in [-0.15, -0.1) is 0 Å². The zero-order valence-electron chi connectivity index (χ0n) is 10.0. The van der Waals surface area contributed by atoms with Gasteiger partial charge in [0, 0.05) is 25.6 Å². The summed E-state index contributed by atoms with van der Waals surface area (Å²) < 4.78 is 5.35. The monoisotopic (exact) mass is 233 g/mol. The van der Waals surface area contributed by atoms with Gasteiger partial charge in [0.1, 0.15) is 0 Å². The van der Waals surface area contributed by atoms with Crippen LogP contribution in [-0.4, -0.2) is 42.9 Å². The predicted molar refractivity (Wildman–Crippen MR) is 65.9 cm³/mol. The maximum Gasteiger partial charge on any atom is 0.0836 e. The van der Waals surface area contributed by atoms with Crippen molar-refractivity contribution in [1.29, 1.82) is 0 Å². The molecule has 92 valence electrons. The SMILES string of the molecule is O[C@@H]1c2ccccc2C[C@H]1CN1CCOCC1. The highest BCUT2D eigenvalue weighted by atomic mass is 16.5. The van der Waals surface area contributed by atoms with Crippen molar-refractivity contribution in [1.82, 2.24) is 4.90 Å². The summed E-state index contributed by atoms with van der Waals surface area (Å²) in [6.45, 7) is 4.64. The van der Waals surface area contributed by atoms with Gasteiger partial charge in [-0.25, -0.2) is 0 Å². The second-order valence-electron chi connectivity index (χ2n) is 5.02. The summed E-state index contributed by atoms with van der Waals surface area (Å²) in [5.41, 5.74) is 2.45. The number of rotatable bonds is 2. The summed E-state index contributed by atoms with van der Waals surface area (Å²) in [5.74, 6) is 0.352. The molecule has 1 aromatic carbocycles. The summed E-state index contributed by atoms with van der Waals surface area (Å²) in [4.78, 5) is 2.41. The van der Waals surface area contributed by atoms with Gasteiger partial charge in [0.15, 0.2) is 0 Å². The van der Waals surface area contributed by atoms with Crippen LogP contribution in [0.2, 0.25) is 0 Å². The van der Waals surface area contributed by atoms with Gasteiger partial charge in [-0.1, -0.05) is 24.3 Å². The molecule has 2 aliphatic rings. The van der Waals surface area contributed by atoms with Crippen LogP contribution in [0.15, 0.2) is 24.3 Å². The van der Waals surface area contributed by atoms with Gasteiger partial charge in [-0.05, 0) is 17.5 Å². The third-order valence-corrected chi connectivity index (χ3v) is 3.90. The van der Waals surface area contributed by atoms with Crippen molar-refractivity contribution in [2.24, 2.45) is 5.92 Å². The molecule has 1 aliphatic carbocycles. The Balaban J connectivity index is 1.67. The van der Waals surface area contributed by atoms with Crippen LogP contribution in [0, 0.1) is 5.92 Å². The molecule has 0 saturated carbocycles. The first kappa shape index (κ1) is 11.2. The molecule has 17 heavy (non-hydrogen) atoms. The lowest BCUT2D eigenvalue weighted by atomic mass is 10.0. The number of hydrogen-bond donors (Lipinski definition) is 1. The Morgan fingerprint density at radius 3 is 2.76 bits per heavy atom. The molecule has 1 N–H and O–H groups in total. The molecule has 0 spiro atoms. The van der Waals surface area contributed by atoms with Crippen LogP contribution in [0.3, 0.4) is 0 Å². The van der Waals surface area contributed by atoms with Gasteiger partial charge >= 0.3 is 0 Å². The van der Waals surface area contributed by atoms with E-state index in [0.29, 0.717) is 5.92 Å². The molecular formula is C14H19NO2. The Bertz CT molecular complexity index is 388. The van der Waals surface area contributed by atoms with Crippen LogP contribution in [0.1, 0.15) is 17.2 Å². The molecule has 0 bridgehead atoms. The molecule has 1 aliphatic heterocycles. The van der Waals surface area contributed by atoms with Crippen LogP contribution in [0.4, 0.5) is 0 Å². The maximum absolute atomic E-state index is 10.3. The Hall–Kier alpha value is -0.900. The Kier molecular flexibility index (Phi) is 3.14. The van der Waals surface area contributed by atoms with E-state index >= 15 is 0 Å². The third kappa shape index (κ3) is 2.23. The van der Waals surface area contributed by atoms with Gasteiger partial charge in [0.2, 0.25) is 0 Å². The molecule has 0 radical (unpaired) electrons. The van der Waals surface area contributed by atoms with E-state index in [1.54, 1.807) is 0 Å². The van der Waals surface area contributed by atoms with Crippen molar-refractivity contribution in [3.63, 3.8) is 0 Å². The smallest absolute Gasteiger partial charge is 0.0836 e. The number of aliphatic hydroxyl groups excluding tert-OH is 1. The fourth-order valence-corrected chi connectivity index (χ4v) is 2.94. The van der Waals surface area contributed by atoms with E-state index < -0.39 is 0 Å². The van der Waals surface area contributed by atoms with Gasteiger partial charge in [-0.3, -0.25) is 4.90 Å². The second kappa shape index (κ2) is 4.77. The van der Waals surface area contributed by atoms with Crippen molar-refractivity contribution in [2.45, 2.75) is 12.5 Å². The Morgan fingerprint density at radius 2 is 2.00 bits per heavy atom.